The van der Waals surface area contributed by atoms with Gasteiger partial charge in [-0.2, -0.15) is 4.98 Å². The van der Waals surface area contributed by atoms with E-state index in [4.69, 9.17) is 4.74 Å². The summed E-state index contributed by atoms with van der Waals surface area (Å²) < 4.78 is 20.1. The first-order chi connectivity index (χ1) is 14.0. The topological polar surface area (TPSA) is 89.3 Å². The molecule has 0 saturated carbocycles. The molecule has 8 heteroatoms. The zero-order valence-electron chi connectivity index (χ0n) is 15.9. The maximum Gasteiger partial charge on any atom is 0.338 e. The van der Waals surface area contributed by atoms with Gasteiger partial charge in [-0.25, -0.2) is 13.9 Å². The third-order valence-electron chi connectivity index (χ3n) is 4.64. The van der Waals surface area contributed by atoms with Crippen LogP contribution >= 0.6 is 0 Å². The van der Waals surface area contributed by atoms with E-state index in [1.54, 1.807) is 54.9 Å². The Bertz CT molecular complexity index is 1110. The number of hydrogen-bond acceptors (Lipinski definition) is 6. The Morgan fingerprint density at radius 1 is 1.28 bits per heavy atom. The van der Waals surface area contributed by atoms with E-state index in [1.165, 1.54) is 12.1 Å². The van der Waals surface area contributed by atoms with Crippen LogP contribution in [-0.2, 0) is 9.53 Å². The van der Waals surface area contributed by atoms with Crippen molar-refractivity contribution < 1.29 is 19.0 Å². The predicted molar refractivity (Wildman–Crippen MR) is 105 cm³/mol. The number of fused-ring (bicyclic) bond motifs is 1. The quantitative estimate of drug-likeness (QED) is 0.657. The minimum Gasteiger partial charge on any atom is -0.508 e. The van der Waals surface area contributed by atoms with Crippen molar-refractivity contribution in [2.24, 2.45) is 0 Å². The lowest BCUT2D eigenvalue weighted by atomic mass is 9.95. The number of carbonyl (C=O) groups excluding carboxylic acids is 1. The fourth-order valence-electron chi connectivity index (χ4n) is 3.35. The van der Waals surface area contributed by atoms with E-state index in [0.717, 1.165) is 0 Å². The van der Waals surface area contributed by atoms with Gasteiger partial charge in [0, 0.05) is 11.3 Å². The summed E-state index contributed by atoms with van der Waals surface area (Å²) in [5.74, 6) is 0.0621. The van der Waals surface area contributed by atoms with Crippen LogP contribution in [0.25, 0.3) is 11.4 Å². The molecule has 7 nitrogen and oxygen atoms in total. The SMILES string of the molecule is CCOC(=O)C1=C(C)Nc2nc(-c3ccc(F)cc3)nn2C1c1cccc(O)c1. The molecule has 1 unspecified atom stereocenters. The van der Waals surface area contributed by atoms with Gasteiger partial charge >= 0.3 is 5.97 Å². The van der Waals surface area contributed by atoms with E-state index in [1.807, 2.05) is 0 Å². The fraction of sp³-hybridized carbons (Fsp3) is 0.190. The molecule has 0 amide bonds. The van der Waals surface area contributed by atoms with Crippen molar-refractivity contribution in [3.63, 3.8) is 0 Å². The van der Waals surface area contributed by atoms with Gasteiger partial charge in [-0.3, -0.25) is 0 Å². The summed E-state index contributed by atoms with van der Waals surface area (Å²) in [6.07, 6.45) is 0. The number of rotatable bonds is 4. The maximum atomic E-state index is 13.3. The predicted octanol–water partition coefficient (Wildman–Crippen LogP) is 3.64. The van der Waals surface area contributed by atoms with E-state index in [0.29, 0.717) is 34.2 Å². The first kappa shape index (κ1) is 18.7. The van der Waals surface area contributed by atoms with Crippen LogP contribution in [0.3, 0.4) is 0 Å². The molecule has 148 valence electrons. The average Bonchev–Trinajstić information content (AvgIpc) is 3.11. The highest BCUT2D eigenvalue weighted by atomic mass is 19.1. The van der Waals surface area contributed by atoms with Gasteiger partial charge in [-0.05, 0) is 55.8 Å². The molecule has 0 saturated heterocycles. The summed E-state index contributed by atoms with van der Waals surface area (Å²) in [5, 5.41) is 17.6. The second-order valence-corrected chi connectivity index (χ2v) is 6.59. The Morgan fingerprint density at radius 3 is 2.72 bits per heavy atom. The number of nitrogens with zero attached hydrogens (tertiary/aromatic N) is 3. The summed E-state index contributed by atoms with van der Waals surface area (Å²) in [6, 6.07) is 11.8. The second kappa shape index (κ2) is 7.38. The summed E-state index contributed by atoms with van der Waals surface area (Å²) in [4.78, 5) is 17.2. The fourth-order valence-corrected chi connectivity index (χ4v) is 3.35. The van der Waals surface area contributed by atoms with Crippen molar-refractivity contribution in [3.8, 4) is 17.1 Å². The van der Waals surface area contributed by atoms with Crippen molar-refractivity contribution in [1.29, 1.82) is 0 Å². The molecular weight excluding hydrogens is 375 g/mol. The molecule has 0 fully saturated rings. The largest absolute Gasteiger partial charge is 0.508 e. The molecule has 3 aromatic rings. The normalized spacial score (nSPS) is 15.6. The van der Waals surface area contributed by atoms with E-state index in [9.17, 15) is 14.3 Å². The van der Waals surface area contributed by atoms with Gasteiger partial charge < -0.3 is 15.2 Å². The van der Waals surface area contributed by atoms with Crippen LogP contribution in [0.15, 0.2) is 59.8 Å². The van der Waals surface area contributed by atoms with E-state index in [-0.39, 0.29) is 18.2 Å². The number of allylic oxidation sites excluding steroid dienone is 1. The third-order valence-corrected chi connectivity index (χ3v) is 4.64. The Hall–Kier alpha value is -3.68. The summed E-state index contributed by atoms with van der Waals surface area (Å²) in [7, 11) is 0. The standard InChI is InChI=1S/C21H19FN4O3/c1-3-29-20(28)17-12(2)23-21-24-19(13-7-9-15(22)10-8-13)25-26(21)18(17)14-5-4-6-16(27)11-14/h4-11,18,27H,3H2,1-2H3,(H,23,24,25). The molecular formula is C21H19FN4O3. The molecule has 1 atom stereocenters. The Kier molecular flexibility index (Phi) is 4.75. The van der Waals surface area contributed by atoms with Crippen LogP contribution < -0.4 is 5.32 Å². The highest BCUT2D eigenvalue weighted by molar-refractivity contribution is 5.92. The number of benzene rings is 2. The van der Waals surface area contributed by atoms with E-state index < -0.39 is 12.0 Å². The molecule has 2 aromatic carbocycles. The van der Waals surface area contributed by atoms with E-state index >= 15 is 0 Å². The average molecular weight is 394 g/mol. The van der Waals surface area contributed by atoms with Gasteiger partial charge in [0.1, 0.15) is 17.6 Å². The lowest BCUT2D eigenvalue weighted by molar-refractivity contribution is -0.139. The van der Waals surface area contributed by atoms with Crippen LogP contribution in [0.5, 0.6) is 5.75 Å². The minimum absolute atomic E-state index is 0.0716. The molecule has 0 radical (unpaired) electrons. The number of hydrogen-bond donors (Lipinski definition) is 2. The molecule has 0 aliphatic carbocycles. The number of aromatic hydroxyl groups is 1. The molecule has 29 heavy (non-hydrogen) atoms. The van der Waals surface area contributed by atoms with Gasteiger partial charge in [-0.15, -0.1) is 5.10 Å². The second-order valence-electron chi connectivity index (χ2n) is 6.59. The van der Waals surface area contributed by atoms with Gasteiger partial charge in [0.2, 0.25) is 5.95 Å². The van der Waals surface area contributed by atoms with E-state index in [2.05, 4.69) is 15.4 Å². The molecule has 1 aliphatic heterocycles. The molecule has 4 rings (SSSR count). The van der Waals surface area contributed by atoms with Crippen molar-refractivity contribution in [2.45, 2.75) is 19.9 Å². The lowest BCUT2D eigenvalue weighted by Crippen LogP contribution is -2.29. The molecule has 2 heterocycles. The molecule has 0 bridgehead atoms. The number of carbonyl (C=O) groups is 1. The monoisotopic (exact) mass is 394 g/mol. The van der Waals surface area contributed by atoms with Crippen LogP contribution in [-0.4, -0.2) is 32.4 Å². The summed E-state index contributed by atoms with van der Waals surface area (Å²) in [6.45, 7) is 3.73. The highest BCUT2D eigenvalue weighted by Crippen LogP contribution is 2.37. The molecule has 2 N–H and O–H groups in total. The number of phenolic OH excluding ortho intramolecular Hbond substituents is 1. The van der Waals surface area contributed by atoms with Crippen LogP contribution in [0, 0.1) is 5.82 Å². The van der Waals surface area contributed by atoms with Crippen LogP contribution in [0.2, 0.25) is 0 Å². The van der Waals surface area contributed by atoms with Crippen molar-refractivity contribution >= 4 is 11.9 Å². The van der Waals surface area contributed by atoms with Gasteiger partial charge in [0.15, 0.2) is 5.82 Å². The highest BCUT2D eigenvalue weighted by Gasteiger charge is 2.35. The molecule has 0 spiro atoms. The molecule has 1 aliphatic rings. The summed E-state index contributed by atoms with van der Waals surface area (Å²) in [5.41, 5.74) is 2.26. The molecule has 1 aromatic heterocycles. The lowest BCUT2D eigenvalue weighted by Gasteiger charge is -2.28. The number of phenols is 1. The number of halogens is 1. The third kappa shape index (κ3) is 3.44. The first-order valence-electron chi connectivity index (χ1n) is 9.14. The first-order valence-corrected chi connectivity index (χ1v) is 9.14. The minimum atomic E-state index is -0.640. The zero-order valence-corrected chi connectivity index (χ0v) is 15.9. The Labute approximate surface area is 166 Å². The van der Waals surface area contributed by atoms with Crippen molar-refractivity contribution in [3.05, 3.63) is 71.2 Å². The van der Waals surface area contributed by atoms with Crippen LogP contribution in [0.1, 0.15) is 25.5 Å². The number of anilines is 1. The van der Waals surface area contributed by atoms with Crippen LogP contribution in [0.4, 0.5) is 10.3 Å². The maximum absolute atomic E-state index is 13.3. The smallest absolute Gasteiger partial charge is 0.338 e. The Morgan fingerprint density at radius 2 is 2.03 bits per heavy atom. The number of aromatic nitrogens is 3. The number of ether oxygens (including phenoxy) is 1. The number of esters is 1. The van der Waals surface area contributed by atoms with Crippen molar-refractivity contribution in [2.75, 3.05) is 11.9 Å². The number of nitrogens with one attached hydrogen (secondary N) is 1. The zero-order chi connectivity index (χ0) is 20.5. The van der Waals surface area contributed by atoms with Gasteiger partial charge in [0.25, 0.3) is 0 Å². The van der Waals surface area contributed by atoms with Gasteiger partial charge in [0.05, 0.1) is 12.2 Å². The van der Waals surface area contributed by atoms with Crippen molar-refractivity contribution in [1.82, 2.24) is 14.8 Å². The Balaban J connectivity index is 1.86. The van der Waals surface area contributed by atoms with Gasteiger partial charge in [-0.1, -0.05) is 12.1 Å². The summed E-state index contributed by atoms with van der Waals surface area (Å²) >= 11 is 0.